The Bertz CT molecular complexity index is 2060. The van der Waals surface area contributed by atoms with Gasteiger partial charge in [0.05, 0.1) is 20.1 Å². The number of ether oxygens (including phenoxy) is 2. The molecule has 4 aromatic rings. The summed E-state index contributed by atoms with van der Waals surface area (Å²) in [5, 5.41) is 11.8. The van der Waals surface area contributed by atoms with Gasteiger partial charge in [-0.25, -0.2) is 14.3 Å². The van der Waals surface area contributed by atoms with E-state index in [2.05, 4.69) is 40.6 Å². The summed E-state index contributed by atoms with van der Waals surface area (Å²) in [6, 6.07) is 12.0. The van der Waals surface area contributed by atoms with Crippen LogP contribution < -0.4 is 0 Å². The van der Waals surface area contributed by atoms with E-state index < -0.39 is 5.41 Å². The van der Waals surface area contributed by atoms with Gasteiger partial charge in [0.15, 0.2) is 0 Å². The number of hydrogen-bond acceptors (Lipinski definition) is 10. The van der Waals surface area contributed by atoms with Crippen LogP contribution in [-0.2, 0) is 40.0 Å². The summed E-state index contributed by atoms with van der Waals surface area (Å²) >= 11 is 20.2. The number of halogens is 3. The minimum atomic E-state index is -0.537. The molecule has 2 fully saturated rings. The van der Waals surface area contributed by atoms with E-state index in [0.717, 1.165) is 50.7 Å². The van der Waals surface area contributed by atoms with Crippen LogP contribution >= 0.6 is 57.5 Å². The Labute approximate surface area is 369 Å². The van der Waals surface area contributed by atoms with Crippen LogP contribution in [0.25, 0.3) is 0 Å². The maximum Gasteiger partial charge on any atom is 0.410 e. The first-order valence-corrected chi connectivity index (χ1v) is 22.0. The van der Waals surface area contributed by atoms with Gasteiger partial charge in [-0.2, -0.15) is 10.2 Å². The second-order valence-electron chi connectivity index (χ2n) is 16.2. The van der Waals surface area contributed by atoms with Crippen LogP contribution in [0.1, 0.15) is 90.7 Å². The second-order valence-corrected chi connectivity index (χ2v) is 20.2. The number of nitrogens with zero attached hydrogens (tertiary/aromatic N) is 5. The van der Waals surface area contributed by atoms with Gasteiger partial charge in [-0.15, -0.1) is 22.7 Å². The highest BCUT2D eigenvalue weighted by atomic mass is 35.5. The molecule has 2 aliphatic heterocycles. The molecule has 0 unspecified atom stereocenters. The highest BCUT2D eigenvalue weighted by Crippen LogP contribution is 2.31. The highest BCUT2D eigenvalue weighted by molar-refractivity contribution is 7.16. The van der Waals surface area contributed by atoms with E-state index in [1.165, 1.54) is 9.75 Å². The van der Waals surface area contributed by atoms with E-state index >= 15 is 0 Å². The summed E-state index contributed by atoms with van der Waals surface area (Å²) in [4.78, 5) is 52.5. The van der Waals surface area contributed by atoms with Gasteiger partial charge in [-0.1, -0.05) is 90.1 Å². The number of carbonyl (C=O) groups is 4. The first-order chi connectivity index (χ1) is 27.8. The van der Waals surface area contributed by atoms with Gasteiger partial charge < -0.3 is 19.3 Å². The van der Waals surface area contributed by atoms with Crippen molar-refractivity contribution in [2.45, 2.75) is 79.1 Å². The van der Waals surface area contributed by atoms with Crippen LogP contribution in [0.2, 0.25) is 8.67 Å². The van der Waals surface area contributed by atoms with Gasteiger partial charge in [0.2, 0.25) is 5.24 Å². The molecular weight excluding hydrogens is 855 g/mol. The quantitative estimate of drug-likeness (QED) is 0.109. The third-order valence-electron chi connectivity index (χ3n) is 9.17. The van der Waals surface area contributed by atoms with E-state index in [9.17, 15) is 19.2 Å². The zero-order valence-electron chi connectivity index (χ0n) is 34.4. The van der Waals surface area contributed by atoms with Crippen LogP contribution in [-0.4, -0.2) is 92.5 Å². The minimum absolute atomic E-state index is 0.0375. The molecule has 2 aliphatic rings. The molecule has 0 bridgehead atoms. The van der Waals surface area contributed by atoms with Crippen molar-refractivity contribution in [3.63, 3.8) is 0 Å². The second kappa shape index (κ2) is 21.5. The smallest absolute Gasteiger partial charge is 0.410 e. The Morgan fingerprint density at radius 2 is 1.24 bits per heavy atom. The Morgan fingerprint density at radius 3 is 1.66 bits per heavy atom. The number of H-pyrrole nitrogens is 1. The topological polar surface area (TPSA) is 140 Å². The third-order valence-corrected chi connectivity index (χ3v) is 12.3. The summed E-state index contributed by atoms with van der Waals surface area (Å²) < 4.78 is 13.2. The number of aromatic amines is 1. The molecule has 0 radical (unpaired) electrons. The van der Waals surface area contributed by atoms with Gasteiger partial charge in [0.1, 0.15) is 13.2 Å². The molecule has 2 saturated heterocycles. The average Bonchev–Trinajstić information content (AvgIpc) is 3.94. The largest absolute Gasteiger partial charge is 0.445 e. The lowest BCUT2D eigenvalue weighted by Gasteiger charge is -2.37. The number of carbonyl (C=O) groups excluding carboxylic acids is 4. The Hall–Kier alpha value is -3.95. The lowest BCUT2D eigenvalue weighted by Crippen LogP contribution is -2.48. The molecule has 6 heterocycles. The van der Waals surface area contributed by atoms with Gasteiger partial charge in [-0.05, 0) is 73.7 Å². The zero-order chi connectivity index (χ0) is 43.5. The molecule has 4 aromatic heterocycles. The SMILES string of the molecule is C=CCOC(=O)N1CC(c2cc(CCc3ccc(Cl)s3)[nH]n2)C1.C=CCOC(=O)N1CC(c2cc(CCc3ccc(Cl)s3)n(C(=O)C(C)(C)C)n2)C1.CC(C)(C)C(=O)Cl. The van der Waals surface area contributed by atoms with Gasteiger partial charge in [0.25, 0.3) is 5.91 Å². The van der Waals surface area contributed by atoms with Crippen molar-refractivity contribution in [2.75, 3.05) is 39.4 Å². The molecule has 0 saturated carbocycles. The predicted octanol–water partition coefficient (Wildman–Crippen LogP) is 10.2. The minimum Gasteiger partial charge on any atom is -0.445 e. The Morgan fingerprint density at radius 1 is 0.763 bits per heavy atom. The van der Waals surface area contributed by atoms with Crippen molar-refractivity contribution in [1.29, 1.82) is 0 Å². The van der Waals surface area contributed by atoms with Crippen LogP contribution in [0.5, 0.6) is 0 Å². The van der Waals surface area contributed by atoms with E-state index in [0.29, 0.717) is 32.6 Å². The van der Waals surface area contributed by atoms with Crippen molar-refractivity contribution >= 4 is 80.8 Å². The lowest BCUT2D eigenvalue weighted by atomic mass is 9.95. The molecule has 59 heavy (non-hydrogen) atoms. The van der Waals surface area contributed by atoms with Crippen molar-refractivity contribution in [3.8, 4) is 0 Å². The fourth-order valence-corrected chi connectivity index (χ4v) is 7.76. The van der Waals surface area contributed by atoms with Crippen molar-refractivity contribution in [1.82, 2.24) is 29.8 Å². The maximum atomic E-state index is 12.9. The average molecular weight is 908 g/mol. The van der Waals surface area contributed by atoms with Crippen LogP contribution in [0.3, 0.4) is 0 Å². The van der Waals surface area contributed by atoms with Crippen molar-refractivity contribution in [3.05, 3.63) is 103 Å². The van der Waals surface area contributed by atoms with E-state index in [4.69, 9.17) is 44.3 Å². The molecule has 0 spiro atoms. The number of rotatable bonds is 12. The predicted molar refractivity (Wildman–Crippen MR) is 236 cm³/mol. The molecule has 320 valence electrons. The summed E-state index contributed by atoms with van der Waals surface area (Å²) in [7, 11) is 0. The Balaban J connectivity index is 0.000000229. The van der Waals surface area contributed by atoms with Gasteiger partial charge in [-0.3, -0.25) is 14.7 Å². The number of hydrogen-bond donors (Lipinski definition) is 1. The Kier molecular flexibility index (Phi) is 17.4. The maximum absolute atomic E-state index is 12.9. The first-order valence-electron chi connectivity index (χ1n) is 19.2. The molecule has 0 atom stereocenters. The van der Waals surface area contributed by atoms with Crippen molar-refractivity contribution in [2.24, 2.45) is 10.8 Å². The molecule has 6 rings (SSSR count). The number of thiophene rings is 2. The normalized spacial score (nSPS) is 14.2. The first kappa shape index (κ1) is 47.7. The molecule has 17 heteroatoms. The molecular formula is C42H53Cl3N6O6S2. The number of amides is 2. The van der Waals surface area contributed by atoms with E-state index in [1.807, 2.05) is 45.0 Å². The van der Waals surface area contributed by atoms with E-state index in [1.54, 1.807) is 70.1 Å². The monoisotopic (exact) mass is 906 g/mol. The fourth-order valence-electron chi connectivity index (χ4n) is 5.58. The molecule has 1 N–H and O–H groups in total. The third kappa shape index (κ3) is 14.3. The van der Waals surface area contributed by atoms with Gasteiger partial charge >= 0.3 is 12.2 Å². The standard InChI is InChI=1S/C21H26ClN3O3S.C16H18ClN3O2S.C5H9ClO/c1-5-10-28-20(27)24-12-14(13-24)17-11-15(6-7-16-8-9-18(22)29-16)25(23-17)19(26)21(2,3)4;1-2-7-22-16(21)20-9-11(10-20)14-8-12(18-19-14)3-4-13-5-6-15(17)23-13;1-5(2,3)4(6)7/h5,8-9,11,14H,1,6-7,10,12-13H2,2-4H3;2,5-6,8,11H,1,3-4,7,9-10H2,(H,18,19);1-3H3. The zero-order valence-corrected chi connectivity index (χ0v) is 38.3. The van der Waals surface area contributed by atoms with Gasteiger partial charge in [0, 0.05) is 70.0 Å². The molecule has 0 aromatic carbocycles. The van der Waals surface area contributed by atoms with Crippen LogP contribution in [0.15, 0.2) is 61.7 Å². The summed E-state index contributed by atoms with van der Waals surface area (Å²) in [6.07, 6.45) is 5.82. The number of aryl methyl sites for hydroxylation is 4. The van der Waals surface area contributed by atoms with E-state index in [-0.39, 0.29) is 53.8 Å². The highest BCUT2D eigenvalue weighted by Gasteiger charge is 2.36. The summed E-state index contributed by atoms with van der Waals surface area (Å²) in [5.41, 5.74) is 2.94. The number of aromatic nitrogens is 4. The molecule has 2 amide bonds. The lowest BCUT2D eigenvalue weighted by molar-refractivity contribution is -0.118. The van der Waals surface area contributed by atoms with Crippen LogP contribution in [0, 0.1) is 10.8 Å². The van der Waals surface area contributed by atoms with Crippen LogP contribution in [0.4, 0.5) is 9.59 Å². The molecule has 12 nitrogen and oxygen atoms in total. The number of likely N-dealkylation sites (tertiary alicyclic amines) is 2. The summed E-state index contributed by atoms with van der Waals surface area (Å²) in [5.74, 6) is 0.354. The summed E-state index contributed by atoms with van der Waals surface area (Å²) in [6.45, 7) is 20.9. The molecule has 0 aliphatic carbocycles. The van der Waals surface area contributed by atoms with Crippen molar-refractivity contribution < 1.29 is 28.7 Å². The number of nitrogens with one attached hydrogen (secondary N) is 1. The fraction of sp³-hybridized carbons (Fsp3) is 0.476.